The number of sulfone groups is 1. The van der Waals surface area contributed by atoms with E-state index >= 15 is 0 Å². The van der Waals surface area contributed by atoms with Crippen LogP contribution < -0.4 is 0 Å². The maximum absolute atomic E-state index is 11.8. The van der Waals surface area contributed by atoms with Crippen molar-refractivity contribution in [1.29, 1.82) is 0 Å². The van der Waals surface area contributed by atoms with Crippen LogP contribution in [-0.4, -0.2) is 64.8 Å². The molecule has 2 heterocycles. The third-order valence-electron chi connectivity index (χ3n) is 3.50. The van der Waals surface area contributed by atoms with Gasteiger partial charge in [-0.2, -0.15) is 4.99 Å². The van der Waals surface area contributed by atoms with Gasteiger partial charge in [0.15, 0.2) is 15.0 Å². The number of amidine groups is 1. The Kier molecular flexibility index (Phi) is 5.28. The van der Waals surface area contributed by atoms with E-state index in [2.05, 4.69) is 11.6 Å². The minimum absolute atomic E-state index is 0.0659. The predicted octanol–water partition coefficient (Wildman–Crippen LogP) is 0.524. The maximum atomic E-state index is 11.8. The Labute approximate surface area is 133 Å². The Morgan fingerprint density at radius 1 is 1.41 bits per heavy atom. The zero-order valence-electron chi connectivity index (χ0n) is 12.0. The van der Waals surface area contributed by atoms with E-state index in [1.165, 1.54) is 11.8 Å². The van der Waals surface area contributed by atoms with Crippen molar-refractivity contribution in [3.63, 3.8) is 0 Å². The summed E-state index contributed by atoms with van der Waals surface area (Å²) < 4.78 is 23.4. The lowest BCUT2D eigenvalue weighted by molar-refractivity contribution is -0.137. The number of aliphatic imine (C=N–C) groups is 1. The second-order valence-electron chi connectivity index (χ2n) is 5.28. The average molecular weight is 346 g/mol. The van der Waals surface area contributed by atoms with Gasteiger partial charge < -0.3 is 10.0 Å². The molecular formula is C13H18N2O5S2. The molecule has 2 rings (SSSR count). The number of amides is 1. The van der Waals surface area contributed by atoms with Gasteiger partial charge in [-0.05, 0) is 6.42 Å². The van der Waals surface area contributed by atoms with Crippen LogP contribution >= 0.6 is 11.8 Å². The number of carbonyl (C=O) groups excluding carboxylic acids is 1. The maximum Gasteiger partial charge on any atom is 0.303 e. The molecule has 0 radical (unpaired) electrons. The number of fused-ring (bicyclic) bond motifs is 1. The number of carbonyl (C=O) groups is 2. The zero-order chi connectivity index (χ0) is 16.3. The molecule has 2 atom stereocenters. The van der Waals surface area contributed by atoms with Crippen molar-refractivity contribution >= 4 is 38.6 Å². The summed E-state index contributed by atoms with van der Waals surface area (Å²) in [6.07, 6.45) is 1.91. The average Bonchev–Trinajstić information content (AvgIpc) is 2.83. The molecule has 0 aliphatic carbocycles. The van der Waals surface area contributed by atoms with Crippen LogP contribution in [-0.2, 0) is 19.4 Å². The Balaban J connectivity index is 2.04. The highest BCUT2D eigenvalue weighted by Crippen LogP contribution is 2.38. The van der Waals surface area contributed by atoms with E-state index in [-0.39, 0.29) is 48.0 Å². The molecule has 0 aromatic rings. The molecule has 0 aromatic heterocycles. The first-order chi connectivity index (χ1) is 10.3. The highest BCUT2D eigenvalue weighted by atomic mass is 32.2. The number of nitrogens with zero attached hydrogens (tertiary/aromatic N) is 2. The van der Waals surface area contributed by atoms with Crippen molar-refractivity contribution < 1.29 is 23.1 Å². The van der Waals surface area contributed by atoms with Gasteiger partial charge in [-0.1, -0.05) is 17.8 Å². The highest BCUT2D eigenvalue weighted by molar-refractivity contribution is 8.15. The molecule has 0 bridgehead atoms. The Bertz CT molecular complexity index is 614. The molecule has 22 heavy (non-hydrogen) atoms. The van der Waals surface area contributed by atoms with E-state index in [4.69, 9.17) is 5.11 Å². The fourth-order valence-corrected chi connectivity index (χ4v) is 6.52. The summed E-state index contributed by atoms with van der Waals surface area (Å²) in [5.74, 6) is -1.14. The number of aliphatic carboxylic acids is 1. The molecule has 2 aliphatic heterocycles. The lowest BCUT2D eigenvalue weighted by Crippen LogP contribution is -2.37. The lowest BCUT2D eigenvalue weighted by atomic mass is 10.2. The monoisotopic (exact) mass is 346 g/mol. The standard InChI is InChI=1S/C13H18N2O5S2/c1-2-6-15-9-7-22(19,20)8-10(9)21-13(15)14-11(16)4-3-5-12(17)18/h2,9-10H,1,3-8H2,(H,17,18)/t9-,10+/m0/s1. The molecule has 1 amide bonds. The number of carboxylic acids is 1. The summed E-state index contributed by atoms with van der Waals surface area (Å²) in [4.78, 5) is 28.1. The number of rotatable bonds is 6. The van der Waals surface area contributed by atoms with Crippen molar-refractivity contribution in [2.24, 2.45) is 4.99 Å². The molecule has 0 saturated carbocycles. The van der Waals surface area contributed by atoms with Crippen molar-refractivity contribution in [3.8, 4) is 0 Å². The van der Waals surface area contributed by atoms with Crippen molar-refractivity contribution in [2.45, 2.75) is 30.6 Å². The second-order valence-corrected chi connectivity index (χ2v) is 8.64. The highest BCUT2D eigenvalue weighted by Gasteiger charge is 2.48. The first kappa shape index (κ1) is 17.0. The third kappa shape index (κ3) is 4.10. The first-order valence-electron chi connectivity index (χ1n) is 6.90. The minimum atomic E-state index is -3.03. The SMILES string of the molecule is C=CCN1C(=NC(=O)CCCC(=O)O)S[C@@H]2CS(=O)(=O)C[C@@H]21. The summed E-state index contributed by atoms with van der Waals surface area (Å²) in [6.45, 7) is 4.09. The number of hydrogen-bond donors (Lipinski definition) is 1. The topological polar surface area (TPSA) is 104 Å². The summed E-state index contributed by atoms with van der Waals surface area (Å²) in [5.41, 5.74) is 0. The molecule has 122 valence electrons. The van der Waals surface area contributed by atoms with Gasteiger partial charge in [0.2, 0.25) is 5.91 Å². The zero-order valence-corrected chi connectivity index (χ0v) is 13.6. The largest absolute Gasteiger partial charge is 0.481 e. The van der Waals surface area contributed by atoms with Gasteiger partial charge in [0.1, 0.15) is 0 Å². The van der Waals surface area contributed by atoms with E-state index < -0.39 is 15.8 Å². The molecule has 1 N–H and O–H groups in total. The molecular weight excluding hydrogens is 328 g/mol. The number of carboxylic acid groups (broad SMARTS) is 1. The number of hydrogen-bond acceptors (Lipinski definition) is 5. The Hall–Kier alpha value is -1.35. The predicted molar refractivity (Wildman–Crippen MR) is 84.7 cm³/mol. The van der Waals surface area contributed by atoms with E-state index in [0.29, 0.717) is 11.7 Å². The Morgan fingerprint density at radius 3 is 2.77 bits per heavy atom. The lowest BCUT2D eigenvalue weighted by Gasteiger charge is -2.22. The second kappa shape index (κ2) is 6.82. The molecule has 0 spiro atoms. The van der Waals surface area contributed by atoms with Crippen LogP contribution in [0.15, 0.2) is 17.6 Å². The molecule has 0 unspecified atom stereocenters. The van der Waals surface area contributed by atoms with E-state index in [9.17, 15) is 18.0 Å². The normalized spacial score (nSPS) is 27.8. The van der Waals surface area contributed by atoms with Crippen LogP contribution in [0.4, 0.5) is 0 Å². The van der Waals surface area contributed by atoms with Crippen molar-refractivity contribution in [3.05, 3.63) is 12.7 Å². The van der Waals surface area contributed by atoms with Gasteiger partial charge in [0.05, 0.1) is 17.5 Å². The van der Waals surface area contributed by atoms with Gasteiger partial charge >= 0.3 is 5.97 Å². The molecule has 7 nitrogen and oxygen atoms in total. The van der Waals surface area contributed by atoms with E-state index in [0.717, 1.165) is 0 Å². The van der Waals surface area contributed by atoms with Crippen molar-refractivity contribution in [1.82, 2.24) is 4.90 Å². The fraction of sp³-hybridized carbons (Fsp3) is 0.615. The van der Waals surface area contributed by atoms with Gasteiger partial charge in [-0.25, -0.2) is 8.42 Å². The van der Waals surface area contributed by atoms with E-state index in [1.807, 2.05) is 4.90 Å². The van der Waals surface area contributed by atoms with Gasteiger partial charge in [-0.3, -0.25) is 9.59 Å². The molecule has 2 aliphatic rings. The summed E-state index contributed by atoms with van der Waals surface area (Å²) in [6, 6.07) is -0.168. The van der Waals surface area contributed by atoms with Crippen LogP contribution in [0.5, 0.6) is 0 Å². The smallest absolute Gasteiger partial charge is 0.303 e. The Morgan fingerprint density at radius 2 is 2.14 bits per heavy atom. The molecule has 2 saturated heterocycles. The van der Waals surface area contributed by atoms with Crippen LogP contribution in [0.2, 0.25) is 0 Å². The summed E-state index contributed by atoms with van der Waals surface area (Å²) in [7, 11) is -3.03. The third-order valence-corrected chi connectivity index (χ3v) is 6.75. The molecule has 2 fully saturated rings. The summed E-state index contributed by atoms with van der Waals surface area (Å²) in [5, 5.41) is 8.97. The van der Waals surface area contributed by atoms with Crippen LogP contribution in [0.3, 0.4) is 0 Å². The van der Waals surface area contributed by atoms with Gasteiger partial charge in [0, 0.05) is 24.6 Å². The minimum Gasteiger partial charge on any atom is -0.481 e. The van der Waals surface area contributed by atoms with Gasteiger partial charge in [0.25, 0.3) is 0 Å². The van der Waals surface area contributed by atoms with Crippen LogP contribution in [0.25, 0.3) is 0 Å². The van der Waals surface area contributed by atoms with Crippen LogP contribution in [0.1, 0.15) is 19.3 Å². The first-order valence-corrected chi connectivity index (χ1v) is 9.60. The summed E-state index contributed by atoms with van der Waals surface area (Å²) >= 11 is 1.31. The van der Waals surface area contributed by atoms with Crippen LogP contribution in [0, 0.1) is 0 Å². The fourth-order valence-electron chi connectivity index (χ4n) is 2.54. The molecule has 0 aromatic carbocycles. The molecule has 9 heteroatoms. The van der Waals surface area contributed by atoms with E-state index in [1.54, 1.807) is 6.08 Å². The number of thioether (sulfide) groups is 1. The van der Waals surface area contributed by atoms with Crippen molar-refractivity contribution in [2.75, 3.05) is 18.1 Å². The van der Waals surface area contributed by atoms with Gasteiger partial charge in [-0.15, -0.1) is 6.58 Å². The quantitative estimate of drug-likeness (QED) is 0.699.